The molecule has 2 rings (SSSR count). The Morgan fingerprint density at radius 1 is 1.40 bits per heavy atom. The Kier molecular flexibility index (Phi) is 2.72. The molecule has 1 atom stereocenters. The fraction of sp³-hybridized carbons (Fsp3) is 0.333. The maximum atomic E-state index is 9.83. The highest BCUT2D eigenvalue weighted by atomic mass is 35.5. The molecule has 2 nitrogen and oxygen atoms in total. The molecule has 3 heteroatoms. The lowest BCUT2D eigenvalue weighted by Gasteiger charge is -2.09. The molecule has 0 aliphatic heterocycles. The third-order valence-electron chi connectivity index (χ3n) is 2.77. The highest BCUT2D eigenvalue weighted by Crippen LogP contribution is 2.26. The fourth-order valence-corrected chi connectivity index (χ4v) is 2.05. The van der Waals surface area contributed by atoms with E-state index in [2.05, 4.69) is 0 Å². The van der Waals surface area contributed by atoms with E-state index in [-0.39, 0.29) is 0 Å². The number of aliphatic hydroxyl groups excluding tert-OH is 1. The molecular formula is C12H14ClNO. The zero-order valence-corrected chi connectivity index (χ0v) is 9.62. The van der Waals surface area contributed by atoms with Crippen molar-refractivity contribution in [1.82, 2.24) is 4.57 Å². The van der Waals surface area contributed by atoms with Gasteiger partial charge in [-0.25, -0.2) is 0 Å². The molecule has 1 N–H and O–H groups in total. The van der Waals surface area contributed by atoms with E-state index in [1.54, 1.807) is 0 Å². The van der Waals surface area contributed by atoms with Crippen molar-refractivity contribution in [2.75, 3.05) is 0 Å². The van der Waals surface area contributed by atoms with E-state index in [1.807, 2.05) is 42.8 Å². The van der Waals surface area contributed by atoms with Crippen molar-refractivity contribution in [3.8, 4) is 0 Å². The average molecular weight is 224 g/mol. The summed E-state index contributed by atoms with van der Waals surface area (Å²) in [5, 5.41) is 11.6. The summed E-state index contributed by atoms with van der Waals surface area (Å²) in [6.45, 7) is 1.97. The molecule has 0 spiro atoms. The standard InChI is InChI=1S/C12H14ClNO/c1-3-12(15)11-7-8-6-9(13)4-5-10(8)14(11)2/h4-7,12,15H,3H2,1-2H3. The average Bonchev–Trinajstić information content (AvgIpc) is 2.54. The van der Waals surface area contributed by atoms with Crippen LogP contribution in [-0.2, 0) is 7.05 Å². The molecule has 2 aromatic rings. The minimum atomic E-state index is -0.402. The van der Waals surface area contributed by atoms with Crippen molar-refractivity contribution < 1.29 is 5.11 Å². The maximum absolute atomic E-state index is 9.83. The lowest BCUT2D eigenvalue weighted by atomic mass is 10.2. The van der Waals surface area contributed by atoms with Crippen LogP contribution in [0.5, 0.6) is 0 Å². The summed E-state index contributed by atoms with van der Waals surface area (Å²) in [4.78, 5) is 0. The highest BCUT2D eigenvalue weighted by molar-refractivity contribution is 6.31. The van der Waals surface area contributed by atoms with E-state index in [9.17, 15) is 5.11 Å². The molecule has 0 aliphatic carbocycles. The summed E-state index contributed by atoms with van der Waals surface area (Å²) in [6, 6.07) is 7.76. The third-order valence-corrected chi connectivity index (χ3v) is 3.00. The zero-order valence-electron chi connectivity index (χ0n) is 8.87. The summed E-state index contributed by atoms with van der Waals surface area (Å²) in [5.41, 5.74) is 2.04. The van der Waals surface area contributed by atoms with Crippen molar-refractivity contribution in [1.29, 1.82) is 0 Å². The van der Waals surface area contributed by atoms with E-state index >= 15 is 0 Å². The molecule has 1 aromatic carbocycles. The van der Waals surface area contributed by atoms with Crippen LogP contribution in [0.2, 0.25) is 5.02 Å². The van der Waals surface area contributed by atoms with Crippen LogP contribution >= 0.6 is 11.6 Å². The van der Waals surface area contributed by atoms with E-state index < -0.39 is 6.10 Å². The van der Waals surface area contributed by atoms with Crippen LogP contribution in [0.3, 0.4) is 0 Å². The Morgan fingerprint density at radius 2 is 2.13 bits per heavy atom. The first-order chi connectivity index (χ1) is 7.13. The minimum absolute atomic E-state index is 0.402. The molecule has 15 heavy (non-hydrogen) atoms. The van der Waals surface area contributed by atoms with Gasteiger partial charge in [-0.15, -0.1) is 0 Å². The molecule has 80 valence electrons. The molecule has 0 saturated carbocycles. The van der Waals surface area contributed by atoms with Crippen LogP contribution in [0, 0.1) is 0 Å². The number of rotatable bonds is 2. The molecule has 0 saturated heterocycles. The number of halogens is 1. The van der Waals surface area contributed by atoms with Crippen LogP contribution in [-0.4, -0.2) is 9.67 Å². The van der Waals surface area contributed by atoms with Crippen molar-refractivity contribution >= 4 is 22.5 Å². The van der Waals surface area contributed by atoms with Gasteiger partial charge in [-0.05, 0) is 30.7 Å². The Balaban J connectivity index is 2.63. The van der Waals surface area contributed by atoms with Gasteiger partial charge in [0.05, 0.1) is 6.10 Å². The second kappa shape index (κ2) is 3.87. The molecular weight excluding hydrogens is 210 g/mol. The zero-order chi connectivity index (χ0) is 11.0. The summed E-state index contributed by atoms with van der Waals surface area (Å²) >= 11 is 5.92. The largest absolute Gasteiger partial charge is 0.387 e. The van der Waals surface area contributed by atoms with Gasteiger partial charge in [0, 0.05) is 28.7 Å². The van der Waals surface area contributed by atoms with E-state index in [0.717, 1.165) is 28.0 Å². The number of hydrogen-bond donors (Lipinski definition) is 1. The minimum Gasteiger partial charge on any atom is -0.387 e. The van der Waals surface area contributed by atoms with Crippen LogP contribution < -0.4 is 0 Å². The van der Waals surface area contributed by atoms with Gasteiger partial charge in [-0.2, -0.15) is 0 Å². The molecule has 0 fully saturated rings. The first-order valence-electron chi connectivity index (χ1n) is 5.06. The van der Waals surface area contributed by atoms with Crippen LogP contribution in [0.25, 0.3) is 10.9 Å². The van der Waals surface area contributed by atoms with Gasteiger partial charge in [0.1, 0.15) is 0 Å². The molecule has 0 aliphatic rings. The number of fused-ring (bicyclic) bond motifs is 1. The van der Waals surface area contributed by atoms with Gasteiger partial charge < -0.3 is 9.67 Å². The molecule has 1 heterocycles. The summed E-state index contributed by atoms with van der Waals surface area (Å²) in [5.74, 6) is 0. The van der Waals surface area contributed by atoms with Crippen molar-refractivity contribution in [3.63, 3.8) is 0 Å². The third kappa shape index (κ3) is 1.75. The Labute approximate surface area is 94.1 Å². The van der Waals surface area contributed by atoms with Crippen molar-refractivity contribution in [2.45, 2.75) is 19.4 Å². The van der Waals surface area contributed by atoms with Crippen LogP contribution in [0.1, 0.15) is 25.1 Å². The second-order valence-electron chi connectivity index (χ2n) is 3.76. The monoisotopic (exact) mass is 223 g/mol. The summed E-state index contributed by atoms with van der Waals surface area (Å²) < 4.78 is 2.01. The van der Waals surface area contributed by atoms with E-state index in [4.69, 9.17) is 11.6 Å². The van der Waals surface area contributed by atoms with Gasteiger partial charge in [0.15, 0.2) is 0 Å². The number of aliphatic hydroxyl groups is 1. The molecule has 1 aromatic heterocycles. The lowest BCUT2D eigenvalue weighted by molar-refractivity contribution is 0.166. The Hall–Kier alpha value is -0.990. The molecule has 0 bridgehead atoms. The summed E-state index contributed by atoms with van der Waals surface area (Å²) in [7, 11) is 1.96. The predicted molar refractivity (Wildman–Crippen MR) is 63.2 cm³/mol. The van der Waals surface area contributed by atoms with Crippen molar-refractivity contribution in [3.05, 3.63) is 35.0 Å². The van der Waals surface area contributed by atoms with Gasteiger partial charge in [-0.3, -0.25) is 0 Å². The number of nitrogens with zero attached hydrogens (tertiary/aromatic N) is 1. The molecule has 1 unspecified atom stereocenters. The lowest BCUT2D eigenvalue weighted by Crippen LogP contribution is -2.02. The SMILES string of the molecule is CCC(O)c1cc2cc(Cl)ccc2n1C. The quantitative estimate of drug-likeness (QED) is 0.831. The molecule has 0 amide bonds. The molecule has 0 radical (unpaired) electrons. The number of aryl methyl sites for hydroxylation is 1. The normalized spacial score (nSPS) is 13.3. The van der Waals surface area contributed by atoms with E-state index in [1.165, 1.54) is 0 Å². The maximum Gasteiger partial charge on any atom is 0.0937 e. The van der Waals surface area contributed by atoms with Crippen molar-refractivity contribution in [2.24, 2.45) is 7.05 Å². The number of benzene rings is 1. The fourth-order valence-electron chi connectivity index (χ4n) is 1.87. The first kappa shape index (κ1) is 10.5. The summed E-state index contributed by atoms with van der Waals surface area (Å²) in [6.07, 6.45) is 0.318. The van der Waals surface area contributed by atoms with Crippen LogP contribution in [0.4, 0.5) is 0 Å². The number of hydrogen-bond acceptors (Lipinski definition) is 1. The van der Waals surface area contributed by atoms with Gasteiger partial charge in [0.25, 0.3) is 0 Å². The predicted octanol–water partition coefficient (Wildman–Crippen LogP) is 3.28. The first-order valence-corrected chi connectivity index (χ1v) is 5.44. The second-order valence-corrected chi connectivity index (χ2v) is 4.19. The highest BCUT2D eigenvalue weighted by Gasteiger charge is 2.12. The van der Waals surface area contributed by atoms with Gasteiger partial charge >= 0.3 is 0 Å². The van der Waals surface area contributed by atoms with Crippen LogP contribution in [0.15, 0.2) is 24.3 Å². The topological polar surface area (TPSA) is 25.2 Å². The van der Waals surface area contributed by atoms with Gasteiger partial charge in [0.2, 0.25) is 0 Å². The Bertz CT molecular complexity index is 490. The Morgan fingerprint density at radius 3 is 2.80 bits per heavy atom. The number of aromatic nitrogens is 1. The smallest absolute Gasteiger partial charge is 0.0937 e. The van der Waals surface area contributed by atoms with Gasteiger partial charge in [-0.1, -0.05) is 18.5 Å². The van der Waals surface area contributed by atoms with E-state index in [0.29, 0.717) is 0 Å².